The molecule has 2 atom stereocenters. The molecule has 1 N–H and O–H groups in total. The zero-order valence-corrected chi connectivity index (χ0v) is 13.7. The molecule has 3 rings (SSSR count). The molecule has 2 saturated heterocycles. The molecule has 0 bridgehead atoms. The molecule has 0 spiro atoms. The van der Waals surface area contributed by atoms with E-state index in [4.69, 9.17) is 9.31 Å². The molecule has 0 radical (unpaired) electrons. The van der Waals surface area contributed by atoms with E-state index in [0.29, 0.717) is 12.0 Å². The van der Waals surface area contributed by atoms with Crippen molar-refractivity contribution in [2.45, 2.75) is 58.3 Å². The van der Waals surface area contributed by atoms with Crippen molar-refractivity contribution < 1.29 is 9.31 Å². The Hall–Kier alpha value is -0.845. The number of nitrogens with one attached hydrogen (secondary N) is 1. The van der Waals surface area contributed by atoms with Gasteiger partial charge in [-0.3, -0.25) is 4.68 Å². The van der Waals surface area contributed by atoms with Gasteiger partial charge in [-0.05, 0) is 46.6 Å². The van der Waals surface area contributed by atoms with Gasteiger partial charge in [0, 0.05) is 24.4 Å². The maximum atomic E-state index is 6.08. The maximum absolute atomic E-state index is 6.08. The Labute approximate surface area is 127 Å². The lowest BCUT2D eigenvalue weighted by Gasteiger charge is -2.32. The second-order valence-corrected chi connectivity index (χ2v) is 7.49. The first-order valence-corrected chi connectivity index (χ1v) is 7.89. The lowest BCUT2D eigenvalue weighted by Crippen LogP contribution is -2.41. The molecule has 2 unspecified atom stereocenters. The largest absolute Gasteiger partial charge is 0.498 e. The van der Waals surface area contributed by atoms with Gasteiger partial charge < -0.3 is 14.6 Å². The predicted molar refractivity (Wildman–Crippen MR) is 83.6 cm³/mol. The number of hydrogen-bond acceptors (Lipinski definition) is 4. The molecular formula is C15H26BN3O2. The minimum absolute atomic E-state index is 0.305. The second kappa shape index (κ2) is 5.11. The molecule has 0 saturated carbocycles. The van der Waals surface area contributed by atoms with Crippen LogP contribution in [0.4, 0.5) is 0 Å². The van der Waals surface area contributed by atoms with Gasteiger partial charge in [0.15, 0.2) is 0 Å². The van der Waals surface area contributed by atoms with Crippen molar-refractivity contribution in [3.8, 4) is 0 Å². The summed E-state index contributed by atoms with van der Waals surface area (Å²) in [5.41, 5.74) is 0.397. The standard InChI is InChI=1S/C15H26BN3O2/c1-11-6-13(9-17-7-11)19-10-12(8-18-19)16-20-14(2,3)15(4,5)21-16/h8,10-11,13,17H,6-7,9H2,1-5H3. The number of piperidine rings is 1. The van der Waals surface area contributed by atoms with E-state index in [1.165, 1.54) is 0 Å². The van der Waals surface area contributed by atoms with E-state index in [0.717, 1.165) is 25.0 Å². The second-order valence-electron chi connectivity index (χ2n) is 7.49. The molecule has 116 valence electrons. The summed E-state index contributed by atoms with van der Waals surface area (Å²) < 4.78 is 14.2. The zero-order chi connectivity index (χ0) is 15.3. The summed E-state index contributed by atoms with van der Waals surface area (Å²) in [6.07, 6.45) is 5.12. The van der Waals surface area contributed by atoms with E-state index in [9.17, 15) is 0 Å². The fraction of sp³-hybridized carbons (Fsp3) is 0.800. The van der Waals surface area contributed by atoms with Crippen molar-refractivity contribution in [3.63, 3.8) is 0 Å². The lowest BCUT2D eigenvalue weighted by molar-refractivity contribution is 0.00578. The van der Waals surface area contributed by atoms with Crippen LogP contribution in [0.25, 0.3) is 0 Å². The number of aromatic nitrogens is 2. The summed E-state index contributed by atoms with van der Waals surface area (Å²) in [7, 11) is -0.322. The number of nitrogens with zero attached hydrogens (tertiary/aromatic N) is 2. The van der Waals surface area contributed by atoms with Gasteiger partial charge in [0.1, 0.15) is 0 Å². The molecule has 5 nitrogen and oxygen atoms in total. The third-order valence-corrected chi connectivity index (χ3v) is 5.07. The van der Waals surface area contributed by atoms with Crippen molar-refractivity contribution >= 4 is 12.6 Å². The molecule has 1 aromatic rings. The normalized spacial score (nSPS) is 31.6. The monoisotopic (exact) mass is 291 g/mol. The molecule has 0 aromatic carbocycles. The van der Waals surface area contributed by atoms with E-state index >= 15 is 0 Å². The Balaban J connectivity index is 1.74. The molecular weight excluding hydrogens is 265 g/mol. The van der Waals surface area contributed by atoms with Gasteiger partial charge in [0.25, 0.3) is 0 Å². The minimum atomic E-state index is -0.322. The summed E-state index contributed by atoms with van der Waals surface area (Å²) in [6.45, 7) is 12.6. The van der Waals surface area contributed by atoms with Crippen molar-refractivity contribution in [1.82, 2.24) is 15.1 Å². The summed E-state index contributed by atoms with van der Waals surface area (Å²) in [5, 5.41) is 8.00. The lowest BCUT2D eigenvalue weighted by atomic mass is 9.82. The average molecular weight is 291 g/mol. The van der Waals surface area contributed by atoms with Crippen LogP contribution in [0.5, 0.6) is 0 Å². The zero-order valence-electron chi connectivity index (χ0n) is 13.7. The first kappa shape index (κ1) is 15.1. The molecule has 21 heavy (non-hydrogen) atoms. The summed E-state index contributed by atoms with van der Waals surface area (Å²) in [6, 6.07) is 0.421. The summed E-state index contributed by atoms with van der Waals surface area (Å²) in [4.78, 5) is 0. The van der Waals surface area contributed by atoms with Gasteiger partial charge >= 0.3 is 7.12 Å². The Morgan fingerprint density at radius 3 is 2.52 bits per heavy atom. The first-order chi connectivity index (χ1) is 9.78. The molecule has 2 aliphatic rings. The minimum Gasteiger partial charge on any atom is -0.399 e. The summed E-state index contributed by atoms with van der Waals surface area (Å²) >= 11 is 0. The fourth-order valence-corrected chi connectivity index (χ4v) is 2.98. The number of rotatable bonds is 2. The smallest absolute Gasteiger partial charge is 0.399 e. The van der Waals surface area contributed by atoms with Gasteiger partial charge in [0.2, 0.25) is 0 Å². The SMILES string of the molecule is CC1CNCC(n2cc(B3OC(C)(C)C(C)(C)O3)cn2)C1. The summed E-state index contributed by atoms with van der Waals surface area (Å²) in [5.74, 6) is 0.688. The van der Waals surface area contributed by atoms with E-state index in [1.807, 2.05) is 6.20 Å². The van der Waals surface area contributed by atoms with Crippen molar-refractivity contribution in [1.29, 1.82) is 0 Å². The highest BCUT2D eigenvalue weighted by Gasteiger charge is 2.52. The van der Waals surface area contributed by atoms with E-state index in [-0.39, 0.29) is 18.3 Å². The number of hydrogen-bond donors (Lipinski definition) is 1. The molecule has 3 heterocycles. The van der Waals surface area contributed by atoms with Crippen LogP contribution in [0.15, 0.2) is 12.4 Å². The predicted octanol–water partition coefficient (Wildman–Crippen LogP) is 1.35. The highest BCUT2D eigenvalue weighted by atomic mass is 16.7. The van der Waals surface area contributed by atoms with Gasteiger partial charge in [-0.2, -0.15) is 5.10 Å². The molecule has 1 aromatic heterocycles. The van der Waals surface area contributed by atoms with Crippen molar-refractivity contribution in [3.05, 3.63) is 12.4 Å². The third-order valence-electron chi connectivity index (χ3n) is 5.07. The Kier molecular flexibility index (Phi) is 3.67. The van der Waals surface area contributed by atoms with Crippen LogP contribution in [0.3, 0.4) is 0 Å². The molecule has 2 fully saturated rings. The van der Waals surface area contributed by atoms with Crippen LogP contribution >= 0.6 is 0 Å². The van der Waals surface area contributed by atoms with Crippen LogP contribution in [-0.4, -0.2) is 41.2 Å². The van der Waals surface area contributed by atoms with Crippen LogP contribution < -0.4 is 10.8 Å². The van der Waals surface area contributed by atoms with E-state index < -0.39 is 0 Å². The van der Waals surface area contributed by atoms with Crippen LogP contribution in [0, 0.1) is 5.92 Å². The molecule has 6 heteroatoms. The maximum Gasteiger partial charge on any atom is 0.498 e. The fourth-order valence-electron chi connectivity index (χ4n) is 2.98. The quantitative estimate of drug-likeness (QED) is 0.836. The van der Waals surface area contributed by atoms with Crippen LogP contribution in [0.2, 0.25) is 0 Å². The van der Waals surface area contributed by atoms with Crippen molar-refractivity contribution in [2.24, 2.45) is 5.92 Å². The van der Waals surface area contributed by atoms with E-state index in [2.05, 4.69) is 55.9 Å². The van der Waals surface area contributed by atoms with E-state index in [1.54, 1.807) is 0 Å². The third kappa shape index (κ3) is 2.76. The first-order valence-electron chi connectivity index (χ1n) is 7.89. The van der Waals surface area contributed by atoms with Crippen LogP contribution in [-0.2, 0) is 9.31 Å². The molecule has 0 aliphatic carbocycles. The Bertz CT molecular complexity index is 499. The Morgan fingerprint density at radius 2 is 1.90 bits per heavy atom. The van der Waals surface area contributed by atoms with Crippen molar-refractivity contribution in [2.75, 3.05) is 13.1 Å². The van der Waals surface area contributed by atoms with Gasteiger partial charge in [0.05, 0.1) is 17.2 Å². The van der Waals surface area contributed by atoms with Gasteiger partial charge in [-0.25, -0.2) is 0 Å². The Morgan fingerprint density at radius 1 is 1.24 bits per heavy atom. The van der Waals surface area contributed by atoms with Crippen LogP contribution in [0.1, 0.15) is 47.1 Å². The average Bonchev–Trinajstić information content (AvgIpc) is 2.93. The highest BCUT2D eigenvalue weighted by Crippen LogP contribution is 2.36. The molecule has 2 aliphatic heterocycles. The molecule has 0 amide bonds. The van der Waals surface area contributed by atoms with Gasteiger partial charge in [-0.1, -0.05) is 6.92 Å². The van der Waals surface area contributed by atoms with Gasteiger partial charge in [-0.15, -0.1) is 0 Å². The topological polar surface area (TPSA) is 48.3 Å². The highest BCUT2D eigenvalue weighted by molar-refractivity contribution is 6.61.